The molecule has 0 aliphatic heterocycles. The van der Waals surface area contributed by atoms with Crippen LogP contribution >= 0.6 is 12.6 Å². The second-order valence-electron chi connectivity index (χ2n) is 2.85. The second kappa shape index (κ2) is 4.33. The standard InChI is InChI=1S/C10H12O2S/c1-7(12-8(2)11)9-4-3-5-10(13)6-9/h3-7,13H,1-2H3. The van der Waals surface area contributed by atoms with Crippen molar-refractivity contribution in [3.05, 3.63) is 29.8 Å². The van der Waals surface area contributed by atoms with Crippen LogP contribution in [0.2, 0.25) is 0 Å². The van der Waals surface area contributed by atoms with Gasteiger partial charge in [0.05, 0.1) is 0 Å². The third-order valence-corrected chi connectivity index (χ3v) is 1.96. The Bertz CT molecular complexity index is 310. The van der Waals surface area contributed by atoms with Gasteiger partial charge < -0.3 is 4.74 Å². The Morgan fingerprint density at radius 1 is 1.54 bits per heavy atom. The van der Waals surface area contributed by atoms with Gasteiger partial charge in [-0.1, -0.05) is 12.1 Å². The van der Waals surface area contributed by atoms with Crippen molar-refractivity contribution >= 4 is 18.6 Å². The van der Waals surface area contributed by atoms with Crippen LogP contribution in [0.25, 0.3) is 0 Å². The van der Waals surface area contributed by atoms with E-state index < -0.39 is 0 Å². The fraction of sp³-hybridized carbons (Fsp3) is 0.300. The van der Waals surface area contributed by atoms with E-state index in [0.717, 1.165) is 10.5 Å². The Balaban J connectivity index is 2.76. The van der Waals surface area contributed by atoms with Crippen molar-refractivity contribution in [1.82, 2.24) is 0 Å². The van der Waals surface area contributed by atoms with E-state index in [0.29, 0.717) is 0 Å². The van der Waals surface area contributed by atoms with Gasteiger partial charge in [-0.25, -0.2) is 0 Å². The molecule has 0 fully saturated rings. The Morgan fingerprint density at radius 2 is 2.23 bits per heavy atom. The lowest BCUT2D eigenvalue weighted by atomic mass is 10.1. The molecule has 0 saturated heterocycles. The van der Waals surface area contributed by atoms with Crippen LogP contribution in [-0.4, -0.2) is 5.97 Å². The normalized spacial score (nSPS) is 12.2. The second-order valence-corrected chi connectivity index (χ2v) is 3.36. The van der Waals surface area contributed by atoms with Crippen molar-refractivity contribution in [3.63, 3.8) is 0 Å². The summed E-state index contributed by atoms with van der Waals surface area (Å²) in [4.78, 5) is 11.5. The first kappa shape index (κ1) is 10.1. The molecule has 0 aliphatic rings. The van der Waals surface area contributed by atoms with E-state index in [2.05, 4.69) is 12.6 Å². The van der Waals surface area contributed by atoms with Crippen LogP contribution in [0, 0.1) is 0 Å². The number of ether oxygens (including phenoxy) is 1. The maximum Gasteiger partial charge on any atom is 0.303 e. The molecule has 1 atom stereocenters. The van der Waals surface area contributed by atoms with Crippen molar-refractivity contribution in [2.24, 2.45) is 0 Å². The van der Waals surface area contributed by atoms with Gasteiger partial charge in [-0.15, -0.1) is 12.6 Å². The van der Waals surface area contributed by atoms with Crippen LogP contribution in [0.4, 0.5) is 0 Å². The first-order chi connectivity index (χ1) is 6.09. The van der Waals surface area contributed by atoms with Crippen molar-refractivity contribution in [2.75, 3.05) is 0 Å². The SMILES string of the molecule is CC(=O)OC(C)c1cccc(S)c1. The smallest absolute Gasteiger partial charge is 0.303 e. The van der Waals surface area contributed by atoms with Crippen molar-refractivity contribution in [3.8, 4) is 0 Å². The molecule has 13 heavy (non-hydrogen) atoms. The lowest BCUT2D eigenvalue weighted by molar-refractivity contribution is -0.145. The number of hydrogen-bond acceptors (Lipinski definition) is 3. The zero-order chi connectivity index (χ0) is 9.84. The van der Waals surface area contributed by atoms with Crippen LogP contribution in [0.3, 0.4) is 0 Å². The third kappa shape index (κ3) is 3.11. The van der Waals surface area contributed by atoms with Crippen LogP contribution in [0.1, 0.15) is 25.5 Å². The van der Waals surface area contributed by atoms with Gasteiger partial charge in [0.1, 0.15) is 6.10 Å². The van der Waals surface area contributed by atoms with Crippen LogP contribution in [-0.2, 0) is 9.53 Å². The maximum absolute atomic E-state index is 10.7. The minimum Gasteiger partial charge on any atom is -0.458 e. The molecular formula is C10H12O2S. The predicted molar refractivity (Wildman–Crippen MR) is 53.9 cm³/mol. The predicted octanol–water partition coefficient (Wildman–Crippen LogP) is 2.60. The highest BCUT2D eigenvalue weighted by Gasteiger charge is 2.07. The molecule has 3 heteroatoms. The fourth-order valence-corrected chi connectivity index (χ4v) is 1.33. The van der Waals surface area contributed by atoms with E-state index in [-0.39, 0.29) is 12.1 Å². The molecule has 0 heterocycles. The number of hydrogen-bond donors (Lipinski definition) is 1. The number of carbonyl (C=O) groups is 1. The fourth-order valence-electron chi connectivity index (χ4n) is 1.09. The van der Waals surface area contributed by atoms with Gasteiger partial charge >= 0.3 is 5.97 Å². The first-order valence-electron chi connectivity index (χ1n) is 4.05. The molecule has 0 bridgehead atoms. The highest BCUT2D eigenvalue weighted by atomic mass is 32.1. The highest BCUT2D eigenvalue weighted by molar-refractivity contribution is 7.80. The Morgan fingerprint density at radius 3 is 2.77 bits per heavy atom. The molecule has 2 nitrogen and oxygen atoms in total. The first-order valence-corrected chi connectivity index (χ1v) is 4.50. The summed E-state index contributed by atoms with van der Waals surface area (Å²) in [6.45, 7) is 3.24. The van der Waals surface area contributed by atoms with Gasteiger partial charge in [-0.05, 0) is 24.6 Å². The quantitative estimate of drug-likeness (QED) is 0.581. The summed E-state index contributed by atoms with van der Waals surface area (Å²) in [5.41, 5.74) is 0.961. The summed E-state index contributed by atoms with van der Waals surface area (Å²) in [5, 5.41) is 0. The summed E-state index contributed by atoms with van der Waals surface area (Å²) in [6, 6.07) is 7.56. The van der Waals surface area contributed by atoms with E-state index in [1.807, 2.05) is 31.2 Å². The topological polar surface area (TPSA) is 26.3 Å². The molecule has 0 spiro atoms. The van der Waals surface area contributed by atoms with E-state index in [4.69, 9.17) is 4.74 Å². The molecule has 1 aromatic carbocycles. The van der Waals surface area contributed by atoms with Gasteiger partial charge in [-0.3, -0.25) is 4.79 Å². The van der Waals surface area contributed by atoms with Crippen LogP contribution < -0.4 is 0 Å². The number of esters is 1. The summed E-state index contributed by atoms with van der Waals surface area (Å²) in [6.07, 6.45) is -0.204. The van der Waals surface area contributed by atoms with Gasteiger partial charge in [0.2, 0.25) is 0 Å². The van der Waals surface area contributed by atoms with E-state index in [1.54, 1.807) is 0 Å². The molecule has 1 aromatic rings. The van der Waals surface area contributed by atoms with E-state index >= 15 is 0 Å². The molecule has 0 radical (unpaired) electrons. The molecule has 70 valence electrons. The maximum atomic E-state index is 10.7. The minimum atomic E-state index is -0.267. The van der Waals surface area contributed by atoms with Crippen molar-refractivity contribution < 1.29 is 9.53 Å². The van der Waals surface area contributed by atoms with Crippen molar-refractivity contribution in [2.45, 2.75) is 24.8 Å². The molecule has 0 N–H and O–H groups in total. The number of thiol groups is 1. The average molecular weight is 196 g/mol. The molecule has 0 aliphatic carbocycles. The van der Waals surface area contributed by atoms with Gasteiger partial charge in [0.25, 0.3) is 0 Å². The van der Waals surface area contributed by atoms with E-state index in [1.165, 1.54) is 6.92 Å². The number of carbonyl (C=O) groups excluding carboxylic acids is 1. The van der Waals surface area contributed by atoms with Crippen molar-refractivity contribution in [1.29, 1.82) is 0 Å². The molecule has 0 aromatic heterocycles. The third-order valence-electron chi connectivity index (χ3n) is 1.68. The summed E-state index contributed by atoms with van der Waals surface area (Å²) in [5.74, 6) is -0.267. The minimum absolute atomic E-state index is 0.204. The number of benzene rings is 1. The molecule has 0 saturated carbocycles. The largest absolute Gasteiger partial charge is 0.458 e. The van der Waals surface area contributed by atoms with Crippen LogP contribution in [0.5, 0.6) is 0 Å². The molecule has 1 rings (SSSR count). The zero-order valence-electron chi connectivity index (χ0n) is 7.65. The Kier molecular flexibility index (Phi) is 3.37. The highest BCUT2D eigenvalue weighted by Crippen LogP contribution is 2.19. The lowest BCUT2D eigenvalue weighted by Gasteiger charge is -2.11. The Hall–Kier alpha value is -0.960. The molecule has 0 amide bonds. The summed E-state index contributed by atoms with van der Waals surface area (Å²) in [7, 11) is 0. The molecule has 1 unspecified atom stereocenters. The molecular weight excluding hydrogens is 184 g/mol. The monoisotopic (exact) mass is 196 g/mol. The average Bonchev–Trinajstić information content (AvgIpc) is 2.03. The number of rotatable bonds is 2. The van der Waals surface area contributed by atoms with Gasteiger partial charge in [0, 0.05) is 11.8 Å². The lowest BCUT2D eigenvalue weighted by Crippen LogP contribution is -2.04. The van der Waals surface area contributed by atoms with Gasteiger partial charge in [-0.2, -0.15) is 0 Å². The summed E-state index contributed by atoms with van der Waals surface area (Å²) < 4.78 is 5.02. The zero-order valence-corrected chi connectivity index (χ0v) is 8.54. The van der Waals surface area contributed by atoms with E-state index in [9.17, 15) is 4.79 Å². The summed E-state index contributed by atoms with van der Waals surface area (Å²) >= 11 is 4.20. The Labute approximate surface area is 83.3 Å². The van der Waals surface area contributed by atoms with Gasteiger partial charge in [0.15, 0.2) is 0 Å². The van der Waals surface area contributed by atoms with Crippen LogP contribution in [0.15, 0.2) is 29.2 Å².